The molecule has 1 aliphatic rings. The van der Waals surface area contributed by atoms with Gasteiger partial charge in [-0.2, -0.15) is 0 Å². The van der Waals surface area contributed by atoms with Crippen LogP contribution in [0.3, 0.4) is 0 Å². The standard InChI is InChI=1S/C17H18ClN/c18-16-8-6-14(7-9-16)17-12-19-11-15(17)10-13-4-2-1-3-5-13/h1-9,15,17,19H,10-12H2/t15?,17-/m0/s1. The van der Waals surface area contributed by atoms with E-state index in [0.717, 1.165) is 24.5 Å². The van der Waals surface area contributed by atoms with Crippen molar-refractivity contribution >= 4 is 11.6 Å². The number of nitrogens with one attached hydrogen (secondary N) is 1. The topological polar surface area (TPSA) is 12.0 Å². The van der Waals surface area contributed by atoms with E-state index in [1.807, 2.05) is 12.1 Å². The van der Waals surface area contributed by atoms with Crippen molar-refractivity contribution in [2.24, 2.45) is 5.92 Å². The molecular formula is C17H18ClN. The number of hydrogen-bond donors (Lipinski definition) is 1. The van der Waals surface area contributed by atoms with E-state index in [1.54, 1.807) is 0 Å². The summed E-state index contributed by atoms with van der Waals surface area (Å²) in [6.07, 6.45) is 1.14. The van der Waals surface area contributed by atoms with E-state index >= 15 is 0 Å². The van der Waals surface area contributed by atoms with Gasteiger partial charge in [0.1, 0.15) is 0 Å². The first-order valence-corrected chi connectivity index (χ1v) is 7.21. The molecule has 0 aliphatic carbocycles. The zero-order chi connectivity index (χ0) is 13.1. The minimum absolute atomic E-state index is 0.595. The van der Waals surface area contributed by atoms with E-state index < -0.39 is 0 Å². The Hall–Kier alpha value is -1.31. The van der Waals surface area contributed by atoms with Crippen LogP contribution in [-0.2, 0) is 6.42 Å². The highest BCUT2D eigenvalue weighted by Gasteiger charge is 2.28. The number of benzene rings is 2. The van der Waals surface area contributed by atoms with E-state index in [9.17, 15) is 0 Å². The molecule has 0 saturated carbocycles. The van der Waals surface area contributed by atoms with Crippen LogP contribution < -0.4 is 5.32 Å². The summed E-state index contributed by atoms with van der Waals surface area (Å²) in [5.41, 5.74) is 2.82. The highest BCUT2D eigenvalue weighted by Crippen LogP contribution is 2.31. The molecule has 2 atom stereocenters. The summed E-state index contributed by atoms with van der Waals surface area (Å²) in [6.45, 7) is 2.17. The van der Waals surface area contributed by atoms with Crippen LogP contribution in [0.15, 0.2) is 54.6 Å². The summed E-state index contributed by atoms with van der Waals surface area (Å²) in [6, 6.07) is 19.1. The van der Waals surface area contributed by atoms with E-state index in [-0.39, 0.29) is 0 Å². The van der Waals surface area contributed by atoms with Crippen LogP contribution in [0.4, 0.5) is 0 Å². The van der Waals surface area contributed by atoms with Gasteiger partial charge in [0, 0.05) is 17.5 Å². The molecule has 0 radical (unpaired) electrons. The predicted molar refractivity (Wildman–Crippen MR) is 80.7 cm³/mol. The fourth-order valence-corrected chi connectivity index (χ4v) is 3.09. The summed E-state index contributed by atoms with van der Waals surface area (Å²) in [5.74, 6) is 1.26. The summed E-state index contributed by atoms with van der Waals surface area (Å²) < 4.78 is 0. The largest absolute Gasteiger partial charge is 0.316 e. The lowest BCUT2D eigenvalue weighted by Crippen LogP contribution is -2.13. The fraction of sp³-hybridized carbons (Fsp3) is 0.294. The van der Waals surface area contributed by atoms with Gasteiger partial charge in [-0.3, -0.25) is 0 Å². The molecule has 1 fully saturated rings. The van der Waals surface area contributed by atoms with Crippen LogP contribution in [0.2, 0.25) is 5.02 Å². The predicted octanol–water partition coefficient (Wildman–Crippen LogP) is 3.89. The molecule has 0 bridgehead atoms. The number of hydrogen-bond acceptors (Lipinski definition) is 1. The van der Waals surface area contributed by atoms with E-state index in [2.05, 4.69) is 47.8 Å². The summed E-state index contributed by atoms with van der Waals surface area (Å²) in [5, 5.41) is 4.34. The molecule has 0 aromatic heterocycles. The highest BCUT2D eigenvalue weighted by molar-refractivity contribution is 6.30. The molecule has 0 amide bonds. The van der Waals surface area contributed by atoms with Crippen LogP contribution in [0, 0.1) is 5.92 Å². The van der Waals surface area contributed by atoms with Crippen LogP contribution >= 0.6 is 11.6 Å². The summed E-state index contributed by atoms with van der Waals surface area (Å²) >= 11 is 5.97. The van der Waals surface area contributed by atoms with Crippen LogP contribution in [-0.4, -0.2) is 13.1 Å². The first kappa shape index (κ1) is 12.7. The minimum atomic E-state index is 0.595. The maximum atomic E-state index is 5.97. The van der Waals surface area contributed by atoms with Gasteiger partial charge in [0.05, 0.1) is 0 Å². The van der Waals surface area contributed by atoms with Gasteiger partial charge in [-0.15, -0.1) is 0 Å². The van der Waals surface area contributed by atoms with E-state index in [0.29, 0.717) is 11.8 Å². The van der Waals surface area contributed by atoms with Gasteiger partial charge in [-0.1, -0.05) is 54.1 Å². The molecular weight excluding hydrogens is 254 g/mol. The van der Waals surface area contributed by atoms with E-state index in [1.165, 1.54) is 11.1 Å². The molecule has 1 N–H and O–H groups in total. The molecule has 19 heavy (non-hydrogen) atoms. The first-order valence-electron chi connectivity index (χ1n) is 6.83. The highest BCUT2D eigenvalue weighted by atomic mass is 35.5. The Labute approximate surface area is 119 Å². The molecule has 1 saturated heterocycles. The van der Waals surface area contributed by atoms with Crippen molar-refractivity contribution in [2.45, 2.75) is 12.3 Å². The molecule has 1 unspecified atom stereocenters. The Morgan fingerprint density at radius 1 is 0.947 bits per heavy atom. The lowest BCUT2D eigenvalue weighted by molar-refractivity contribution is 0.516. The zero-order valence-corrected chi connectivity index (χ0v) is 11.6. The molecule has 1 heterocycles. The Kier molecular flexibility index (Phi) is 3.86. The van der Waals surface area contributed by atoms with Crippen LogP contribution in [0.25, 0.3) is 0 Å². The normalized spacial score (nSPS) is 22.6. The van der Waals surface area contributed by atoms with Gasteiger partial charge >= 0.3 is 0 Å². The molecule has 2 aromatic carbocycles. The van der Waals surface area contributed by atoms with Gasteiger partial charge < -0.3 is 5.32 Å². The van der Waals surface area contributed by atoms with Gasteiger partial charge in [0.25, 0.3) is 0 Å². The average Bonchev–Trinajstić information content (AvgIpc) is 2.89. The van der Waals surface area contributed by atoms with Crippen molar-refractivity contribution in [3.63, 3.8) is 0 Å². The Bertz CT molecular complexity index is 521. The Morgan fingerprint density at radius 3 is 2.42 bits per heavy atom. The third kappa shape index (κ3) is 2.99. The van der Waals surface area contributed by atoms with Crippen molar-refractivity contribution in [1.29, 1.82) is 0 Å². The monoisotopic (exact) mass is 271 g/mol. The van der Waals surface area contributed by atoms with Gasteiger partial charge in [0.2, 0.25) is 0 Å². The van der Waals surface area contributed by atoms with Crippen molar-refractivity contribution in [1.82, 2.24) is 5.32 Å². The van der Waals surface area contributed by atoms with Crippen molar-refractivity contribution in [2.75, 3.05) is 13.1 Å². The molecule has 3 rings (SSSR count). The Balaban J connectivity index is 1.76. The second-order valence-corrected chi connectivity index (χ2v) is 5.70. The Morgan fingerprint density at radius 2 is 1.68 bits per heavy atom. The number of halogens is 1. The third-order valence-corrected chi connectivity index (χ3v) is 4.23. The maximum absolute atomic E-state index is 5.97. The maximum Gasteiger partial charge on any atom is 0.0406 e. The molecule has 2 heteroatoms. The van der Waals surface area contributed by atoms with E-state index in [4.69, 9.17) is 11.6 Å². The van der Waals surface area contributed by atoms with Gasteiger partial charge in [-0.05, 0) is 42.1 Å². The lowest BCUT2D eigenvalue weighted by atomic mass is 9.85. The second kappa shape index (κ2) is 5.77. The lowest BCUT2D eigenvalue weighted by Gasteiger charge is -2.19. The molecule has 98 valence electrons. The fourth-order valence-electron chi connectivity index (χ4n) is 2.96. The van der Waals surface area contributed by atoms with Gasteiger partial charge in [0.15, 0.2) is 0 Å². The summed E-state index contributed by atoms with van der Waals surface area (Å²) in [7, 11) is 0. The molecule has 0 spiro atoms. The number of rotatable bonds is 3. The zero-order valence-electron chi connectivity index (χ0n) is 10.9. The van der Waals surface area contributed by atoms with Crippen molar-refractivity contribution in [3.05, 3.63) is 70.7 Å². The third-order valence-electron chi connectivity index (χ3n) is 3.98. The van der Waals surface area contributed by atoms with Crippen molar-refractivity contribution < 1.29 is 0 Å². The van der Waals surface area contributed by atoms with Gasteiger partial charge in [-0.25, -0.2) is 0 Å². The molecule has 1 aliphatic heterocycles. The smallest absolute Gasteiger partial charge is 0.0406 e. The SMILES string of the molecule is Clc1ccc([C@@H]2CNCC2Cc2ccccc2)cc1. The second-order valence-electron chi connectivity index (χ2n) is 5.27. The van der Waals surface area contributed by atoms with Crippen LogP contribution in [0.1, 0.15) is 17.0 Å². The minimum Gasteiger partial charge on any atom is -0.316 e. The quantitative estimate of drug-likeness (QED) is 0.893. The molecule has 2 aromatic rings. The van der Waals surface area contributed by atoms with Crippen LogP contribution in [0.5, 0.6) is 0 Å². The van der Waals surface area contributed by atoms with Crippen molar-refractivity contribution in [3.8, 4) is 0 Å². The molecule has 1 nitrogen and oxygen atoms in total. The summed E-state index contributed by atoms with van der Waals surface area (Å²) in [4.78, 5) is 0. The first-order chi connectivity index (χ1) is 9.33. The average molecular weight is 272 g/mol.